The van der Waals surface area contributed by atoms with Crippen LogP contribution in [0.5, 0.6) is 0 Å². The van der Waals surface area contributed by atoms with Crippen molar-refractivity contribution in [1.82, 2.24) is 9.97 Å². The van der Waals surface area contributed by atoms with Crippen LogP contribution < -0.4 is 4.90 Å². The van der Waals surface area contributed by atoms with Crippen LogP contribution in [0.15, 0.2) is 12.4 Å². The van der Waals surface area contributed by atoms with E-state index in [1.807, 2.05) is 0 Å². The summed E-state index contributed by atoms with van der Waals surface area (Å²) in [5.41, 5.74) is 0. The minimum Gasteiger partial charge on any atom is -0.481 e. The average molecular weight is 241 g/mol. The number of anilines is 1. The highest BCUT2D eigenvalue weighted by molar-refractivity contribution is 5.67. The van der Waals surface area contributed by atoms with Crippen LogP contribution in [0, 0.1) is 5.82 Å². The average Bonchev–Trinajstić information content (AvgIpc) is 2.29. The lowest BCUT2D eigenvalue weighted by Crippen LogP contribution is -2.44. The zero-order valence-corrected chi connectivity index (χ0v) is 9.04. The highest BCUT2D eigenvalue weighted by atomic mass is 19.1. The molecule has 0 spiro atoms. The quantitative estimate of drug-likeness (QED) is 0.820. The van der Waals surface area contributed by atoms with Crippen molar-refractivity contribution >= 4 is 11.9 Å². The number of halogens is 1. The summed E-state index contributed by atoms with van der Waals surface area (Å²) >= 11 is 0. The lowest BCUT2D eigenvalue weighted by Gasteiger charge is -2.32. The molecule has 6 nitrogen and oxygen atoms in total. The van der Waals surface area contributed by atoms with Gasteiger partial charge in [-0.05, 0) is 0 Å². The molecule has 2 heterocycles. The first-order valence-electron chi connectivity index (χ1n) is 5.21. The molecule has 0 saturated carbocycles. The number of hydrogen-bond donors (Lipinski definition) is 1. The Bertz CT molecular complexity index is 398. The molecule has 1 aromatic heterocycles. The number of carboxylic acids is 1. The topological polar surface area (TPSA) is 75.5 Å². The third-order valence-corrected chi connectivity index (χ3v) is 2.43. The minimum atomic E-state index is -0.906. The van der Waals surface area contributed by atoms with Crippen LogP contribution in [0.1, 0.15) is 6.42 Å². The van der Waals surface area contributed by atoms with Crippen molar-refractivity contribution in [2.45, 2.75) is 12.5 Å². The molecule has 0 amide bonds. The molecule has 1 unspecified atom stereocenters. The molecule has 7 heteroatoms. The summed E-state index contributed by atoms with van der Waals surface area (Å²) in [6.45, 7) is 1.39. The number of aromatic nitrogens is 2. The fraction of sp³-hybridized carbons (Fsp3) is 0.500. The summed E-state index contributed by atoms with van der Waals surface area (Å²) in [6.07, 6.45) is 1.74. The Hall–Kier alpha value is -1.76. The van der Waals surface area contributed by atoms with Crippen LogP contribution in [0.25, 0.3) is 0 Å². The second-order valence-corrected chi connectivity index (χ2v) is 3.74. The van der Waals surface area contributed by atoms with E-state index in [9.17, 15) is 9.18 Å². The number of rotatable bonds is 3. The van der Waals surface area contributed by atoms with Crippen LogP contribution in [-0.2, 0) is 9.53 Å². The second-order valence-electron chi connectivity index (χ2n) is 3.74. The van der Waals surface area contributed by atoms with Gasteiger partial charge in [0.05, 0.1) is 31.5 Å². The van der Waals surface area contributed by atoms with Gasteiger partial charge < -0.3 is 14.7 Å². The van der Waals surface area contributed by atoms with Gasteiger partial charge in [0.15, 0.2) is 5.82 Å². The first kappa shape index (κ1) is 11.7. The third-order valence-electron chi connectivity index (χ3n) is 2.43. The summed E-state index contributed by atoms with van der Waals surface area (Å²) in [6, 6.07) is 0. The summed E-state index contributed by atoms with van der Waals surface area (Å²) in [4.78, 5) is 20.1. The molecule has 1 aromatic rings. The summed E-state index contributed by atoms with van der Waals surface area (Å²) in [5.74, 6) is -1.01. The Morgan fingerprint density at radius 2 is 2.29 bits per heavy atom. The number of hydrogen-bond acceptors (Lipinski definition) is 5. The Balaban J connectivity index is 2.01. The summed E-state index contributed by atoms with van der Waals surface area (Å²) in [5, 5.41) is 8.68. The van der Waals surface area contributed by atoms with Crippen molar-refractivity contribution in [1.29, 1.82) is 0 Å². The number of carbonyl (C=O) groups is 1. The number of nitrogens with zero attached hydrogens (tertiary/aromatic N) is 3. The highest BCUT2D eigenvalue weighted by Crippen LogP contribution is 2.14. The molecule has 0 bridgehead atoms. The van der Waals surface area contributed by atoms with E-state index in [1.165, 1.54) is 0 Å². The standard InChI is InChI=1S/C10H12FN3O3/c11-7-4-12-10(13-5-7)14-1-2-17-8(6-14)3-9(15)16/h4-5,8H,1-3,6H2,(H,15,16). The lowest BCUT2D eigenvalue weighted by molar-refractivity contribution is -0.140. The van der Waals surface area contributed by atoms with Gasteiger partial charge in [-0.2, -0.15) is 0 Å². The lowest BCUT2D eigenvalue weighted by atomic mass is 10.2. The molecule has 1 fully saturated rings. The first-order chi connectivity index (χ1) is 8.15. The van der Waals surface area contributed by atoms with E-state index in [2.05, 4.69) is 9.97 Å². The van der Waals surface area contributed by atoms with E-state index < -0.39 is 11.8 Å². The number of ether oxygens (including phenoxy) is 1. The fourth-order valence-corrected chi connectivity index (χ4v) is 1.69. The van der Waals surface area contributed by atoms with Crippen molar-refractivity contribution in [3.05, 3.63) is 18.2 Å². The molecule has 0 radical (unpaired) electrons. The Morgan fingerprint density at radius 1 is 1.59 bits per heavy atom. The fourth-order valence-electron chi connectivity index (χ4n) is 1.69. The monoisotopic (exact) mass is 241 g/mol. The van der Waals surface area contributed by atoms with Crippen molar-refractivity contribution < 1.29 is 19.0 Å². The summed E-state index contributed by atoms with van der Waals surface area (Å²) < 4.78 is 18.0. The highest BCUT2D eigenvalue weighted by Gasteiger charge is 2.24. The van der Waals surface area contributed by atoms with Gasteiger partial charge in [-0.3, -0.25) is 4.79 Å². The zero-order chi connectivity index (χ0) is 12.3. The van der Waals surface area contributed by atoms with E-state index in [1.54, 1.807) is 4.90 Å². The predicted octanol–water partition coefficient (Wildman–Crippen LogP) is 0.296. The third kappa shape index (κ3) is 3.10. The van der Waals surface area contributed by atoms with Crippen LogP contribution in [0.4, 0.5) is 10.3 Å². The first-order valence-corrected chi connectivity index (χ1v) is 5.21. The SMILES string of the molecule is O=C(O)CC1CN(c2ncc(F)cn2)CCO1. The van der Waals surface area contributed by atoms with E-state index in [-0.39, 0.29) is 12.5 Å². The van der Waals surface area contributed by atoms with Crippen molar-refractivity contribution in [2.24, 2.45) is 0 Å². The van der Waals surface area contributed by atoms with Gasteiger partial charge in [-0.25, -0.2) is 14.4 Å². The summed E-state index contributed by atoms with van der Waals surface area (Å²) in [7, 11) is 0. The zero-order valence-electron chi connectivity index (χ0n) is 9.04. The van der Waals surface area contributed by atoms with Crippen LogP contribution in [-0.4, -0.2) is 46.8 Å². The smallest absolute Gasteiger partial charge is 0.306 e. The maximum absolute atomic E-state index is 12.7. The van der Waals surface area contributed by atoms with E-state index in [4.69, 9.17) is 9.84 Å². The Kier molecular flexibility index (Phi) is 3.48. The second kappa shape index (κ2) is 5.05. The largest absolute Gasteiger partial charge is 0.481 e. The molecule has 92 valence electrons. The van der Waals surface area contributed by atoms with Gasteiger partial charge in [0, 0.05) is 13.1 Å². The van der Waals surface area contributed by atoms with Gasteiger partial charge in [-0.15, -0.1) is 0 Å². The molecule has 0 aromatic carbocycles. The molecule has 1 atom stereocenters. The maximum Gasteiger partial charge on any atom is 0.306 e. The van der Waals surface area contributed by atoms with Crippen LogP contribution in [0.3, 0.4) is 0 Å². The molecule has 2 rings (SSSR count). The minimum absolute atomic E-state index is 0.0578. The predicted molar refractivity (Wildman–Crippen MR) is 56.2 cm³/mol. The Morgan fingerprint density at radius 3 is 2.94 bits per heavy atom. The van der Waals surface area contributed by atoms with E-state index in [0.717, 1.165) is 12.4 Å². The maximum atomic E-state index is 12.7. The van der Waals surface area contributed by atoms with Crippen LogP contribution in [0.2, 0.25) is 0 Å². The molecule has 1 aliphatic rings. The number of carboxylic acid groups (broad SMARTS) is 1. The van der Waals surface area contributed by atoms with Crippen molar-refractivity contribution in [3.63, 3.8) is 0 Å². The number of aliphatic carboxylic acids is 1. The van der Waals surface area contributed by atoms with Gasteiger partial charge in [0.1, 0.15) is 0 Å². The molecular weight excluding hydrogens is 229 g/mol. The van der Waals surface area contributed by atoms with Crippen LogP contribution >= 0.6 is 0 Å². The van der Waals surface area contributed by atoms with Gasteiger partial charge >= 0.3 is 5.97 Å². The van der Waals surface area contributed by atoms with Gasteiger partial charge in [0.25, 0.3) is 0 Å². The molecule has 1 aliphatic heterocycles. The Labute approximate surface area is 97.0 Å². The van der Waals surface area contributed by atoms with Gasteiger partial charge in [-0.1, -0.05) is 0 Å². The molecule has 1 N–H and O–H groups in total. The number of morpholine rings is 1. The molecule has 17 heavy (non-hydrogen) atoms. The normalized spacial score (nSPS) is 20.3. The van der Waals surface area contributed by atoms with Crippen molar-refractivity contribution in [2.75, 3.05) is 24.6 Å². The van der Waals surface area contributed by atoms with E-state index >= 15 is 0 Å². The van der Waals surface area contributed by atoms with E-state index in [0.29, 0.717) is 25.6 Å². The molecular formula is C10H12FN3O3. The van der Waals surface area contributed by atoms with Gasteiger partial charge in [0.2, 0.25) is 5.95 Å². The molecule has 1 saturated heterocycles. The molecule has 0 aliphatic carbocycles. The van der Waals surface area contributed by atoms with Crippen molar-refractivity contribution in [3.8, 4) is 0 Å².